The van der Waals surface area contributed by atoms with E-state index in [2.05, 4.69) is 25.5 Å². The predicted molar refractivity (Wildman–Crippen MR) is 112 cm³/mol. The second-order valence-electron chi connectivity index (χ2n) is 7.16. The third-order valence-corrected chi connectivity index (χ3v) is 4.78. The molecule has 0 spiro atoms. The average molecular weight is 420 g/mol. The van der Waals surface area contributed by atoms with Crippen LogP contribution in [0, 0.1) is 19.7 Å². The van der Waals surface area contributed by atoms with Crippen molar-refractivity contribution in [3.8, 4) is 17.3 Å². The summed E-state index contributed by atoms with van der Waals surface area (Å²) in [7, 11) is 0. The van der Waals surface area contributed by atoms with E-state index < -0.39 is 11.7 Å². The minimum atomic E-state index is -0.491. The lowest BCUT2D eigenvalue weighted by Crippen LogP contribution is -2.14. The van der Waals surface area contributed by atoms with Crippen molar-refractivity contribution in [2.75, 3.05) is 5.32 Å². The number of anilines is 1. The Balaban J connectivity index is 1.59. The Morgan fingerprint density at radius 2 is 2.06 bits per heavy atom. The SMILES string of the molecule is CCCc1noc(-c2ccnc(-n3ncc(C(=O)Nc4ccc(C)cc4F)c3C)c2)n1. The number of carbonyl (C=O) groups excluding carboxylic acids is 1. The van der Waals surface area contributed by atoms with Crippen LogP contribution in [0.25, 0.3) is 17.3 Å². The smallest absolute Gasteiger partial charge is 0.259 e. The molecular weight excluding hydrogens is 399 g/mol. The fraction of sp³-hybridized carbons (Fsp3) is 0.227. The lowest BCUT2D eigenvalue weighted by atomic mass is 10.2. The minimum Gasteiger partial charge on any atom is -0.334 e. The molecule has 0 unspecified atom stereocenters. The van der Waals surface area contributed by atoms with Crippen LogP contribution < -0.4 is 5.32 Å². The fourth-order valence-corrected chi connectivity index (χ4v) is 3.14. The third kappa shape index (κ3) is 4.20. The molecule has 31 heavy (non-hydrogen) atoms. The van der Waals surface area contributed by atoms with Gasteiger partial charge >= 0.3 is 0 Å². The van der Waals surface area contributed by atoms with Gasteiger partial charge in [0.1, 0.15) is 5.82 Å². The van der Waals surface area contributed by atoms with Crippen LogP contribution in [0.15, 0.2) is 47.2 Å². The molecule has 1 N–H and O–H groups in total. The monoisotopic (exact) mass is 420 g/mol. The van der Waals surface area contributed by atoms with E-state index in [1.165, 1.54) is 23.0 Å². The number of nitrogens with zero attached hydrogens (tertiary/aromatic N) is 5. The largest absolute Gasteiger partial charge is 0.334 e. The summed E-state index contributed by atoms with van der Waals surface area (Å²) >= 11 is 0. The quantitative estimate of drug-likeness (QED) is 0.500. The topological polar surface area (TPSA) is 98.7 Å². The molecule has 1 amide bonds. The zero-order valence-corrected chi connectivity index (χ0v) is 17.4. The van der Waals surface area contributed by atoms with Gasteiger partial charge in [0.05, 0.1) is 23.1 Å². The molecule has 0 bridgehead atoms. The molecule has 3 aromatic heterocycles. The number of aromatic nitrogens is 5. The van der Waals surface area contributed by atoms with Gasteiger partial charge in [0, 0.05) is 18.2 Å². The van der Waals surface area contributed by atoms with Crippen molar-refractivity contribution in [1.82, 2.24) is 24.9 Å². The van der Waals surface area contributed by atoms with Crippen LogP contribution in [0.2, 0.25) is 0 Å². The van der Waals surface area contributed by atoms with Gasteiger partial charge in [-0.1, -0.05) is 18.1 Å². The fourth-order valence-electron chi connectivity index (χ4n) is 3.14. The van der Waals surface area contributed by atoms with Gasteiger partial charge in [0.2, 0.25) is 0 Å². The number of aryl methyl sites for hydroxylation is 2. The summed E-state index contributed by atoms with van der Waals surface area (Å²) in [6.07, 6.45) is 4.69. The lowest BCUT2D eigenvalue weighted by molar-refractivity contribution is 0.102. The van der Waals surface area contributed by atoms with Crippen molar-refractivity contribution < 1.29 is 13.7 Å². The molecule has 0 atom stereocenters. The van der Waals surface area contributed by atoms with Crippen molar-refractivity contribution in [3.63, 3.8) is 0 Å². The molecule has 4 rings (SSSR count). The number of hydrogen-bond donors (Lipinski definition) is 1. The molecule has 0 aliphatic rings. The molecule has 1 aromatic carbocycles. The van der Waals surface area contributed by atoms with Crippen LogP contribution in [0.5, 0.6) is 0 Å². The Labute approximate surface area is 178 Å². The molecule has 0 aliphatic heterocycles. The van der Waals surface area contributed by atoms with E-state index in [0.717, 1.165) is 18.4 Å². The number of nitrogens with one attached hydrogen (secondary N) is 1. The van der Waals surface area contributed by atoms with Crippen molar-refractivity contribution in [2.24, 2.45) is 0 Å². The van der Waals surface area contributed by atoms with Gasteiger partial charge in [-0.05, 0) is 50.1 Å². The summed E-state index contributed by atoms with van der Waals surface area (Å²) in [5.74, 6) is 0.586. The maximum atomic E-state index is 14.1. The molecule has 0 radical (unpaired) electrons. The number of carbonyl (C=O) groups is 1. The first-order chi connectivity index (χ1) is 15.0. The molecule has 9 heteroatoms. The predicted octanol–water partition coefficient (Wildman–Crippen LogP) is 4.28. The first-order valence-electron chi connectivity index (χ1n) is 9.87. The van der Waals surface area contributed by atoms with Crippen molar-refractivity contribution >= 4 is 11.6 Å². The number of amides is 1. The standard InChI is InChI=1S/C22H21FN6O2/c1-4-5-19-27-22(31-28-19)15-8-9-24-20(11-15)29-14(3)16(12-25-29)21(30)26-18-7-6-13(2)10-17(18)23/h6-12H,4-5H2,1-3H3,(H,26,30). The van der Waals surface area contributed by atoms with E-state index >= 15 is 0 Å². The van der Waals surface area contributed by atoms with E-state index in [1.807, 2.05) is 6.92 Å². The van der Waals surface area contributed by atoms with Crippen LogP contribution in [0.3, 0.4) is 0 Å². The summed E-state index contributed by atoms with van der Waals surface area (Å²) in [5, 5.41) is 10.8. The second-order valence-corrected chi connectivity index (χ2v) is 7.16. The second kappa shape index (κ2) is 8.47. The summed E-state index contributed by atoms with van der Waals surface area (Å²) in [4.78, 5) is 21.4. The average Bonchev–Trinajstić information content (AvgIpc) is 3.37. The highest BCUT2D eigenvalue weighted by atomic mass is 19.1. The Bertz CT molecular complexity index is 1250. The Morgan fingerprint density at radius 1 is 1.23 bits per heavy atom. The van der Waals surface area contributed by atoms with Crippen LogP contribution in [0.4, 0.5) is 10.1 Å². The maximum absolute atomic E-state index is 14.1. The van der Waals surface area contributed by atoms with Gasteiger partial charge in [-0.15, -0.1) is 0 Å². The van der Waals surface area contributed by atoms with Crippen LogP contribution in [-0.4, -0.2) is 30.8 Å². The first-order valence-corrected chi connectivity index (χ1v) is 9.87. The highest BCUT2D eigenvalue weighted by molar-refractivity contribution is 6.05. The van der Waals surface area contributed by atoms with E-state index in [1.54, 1.807) is 38.2 Å². The maximum Gasteiger partial charge on any atom is 0.259 e. The summed E-state index contributed by atoms with van der Waals surface area (Å²) in [6, 6.07) is 8.15. The van der Waals surface area contributed by atoms with Crippen molar-refractivity contribution in [2.45, 2.75) is 33.6 Å². The number of pyridine rings is 1. The van der Waals surface area contributed by atoms with Crippen LogP contribution in [-0.2, 0) is 6.42 Å². The van der Waals surface area contributed by atoms with Gasteiger partial charge in [-0.3, -0.25) is 4.79 Å². The summed E-state index contributed by atoms with van der Waals surface area (Å²) in [6.45, 7) is 5.57. The zero-order chi connectivity index (χ0) is 22.0. The van der Waals surface area contributed by atoms with E-state index in [4.69, 9.17) is 4.52 Å². The van der Waals surface area contributed by atoms with E-state index in [-0.39, 0.29) is 5.69 Å². The van der Waals surface area contributed by atoms with Gasteiger partial charge in [-0.2, -0.15) is 10.1 Å². The Hall–Kier alpha value is -3.88. The first kappa shape index (κ1) is 20.4. The van der Waals surface area contributed by atoms with Crippen LogP contribution >= 0.6 is 0 Å². The van der Waals surface area contributed by atoms with Gasteiger partial charge in [0.25, 0.3) is 11.8 Å². The highest BCUT2D eigenvalue weighted by Crippen LogP contribution is 2.22. The summed E-state index contributed by atoms with van der Waals surface area (Å²) < 4.78 is 21.0. The molecule has 0 saturated heterocycles. The van der Waals surface area contributed by atoms with Gasteiger partial charge < -0.3 is 9.84 Å². The third-order valence-electron chi connectivity index (χ3n) is 4.78. The molecular formula is C22H21FN6O2. The Morgan fingerprint density at radius 3 is 2.84 bits per heavy atom. The van der Waals surface area contributed by atoms with Crippen molar-refractivity contribution in [1.29, 1.82) is 0 Å². The molecule has 0 aliphatic carbocycles. The van der Waals surface area contributed by atoms with Crippen molar-refractivity contribution in [3.05, 3.63) is 71.2 Å². The number of hydrogen-bond acceptors (Lipinski definition) is 6. The minimum absolute atomic E-state index is 0.113. The normalized spacial score (nSPS) is 11.0. The molecule has 4 aromatic rings. The number of rotatable bonds is 6. The zero-order valence-electron chi connectivity index (χ0n) is 17.4. The van der Waals surface area contributed by atoms with E-state index in [9.17, 15) is 9.18 Å². The van der Waals surface area contributed by atoms with Gasteiger partial charge in [0.15, 0.2) is 11.6 Å². The van der Waals surface area contributed by atoms with E-state index in [0.29, 0.717) is 34.4 Å². The molecule has 158 valence electrons. The number of benzene rings is 1. The summed E-state index contributed by atoms with van der Waals surface area (Å²) in [5.41, 5.74) is 2.46. The highest BCUT2D eigenvalue weighted by Gasteiger charge is 2.18. The number of halogens is 1. The molecule has 3 heterocycles. The molecule has 8 nitrogen and oxygen atoms in total. The molecule has 0 fully saturated rings. The lowest BCUT2D eigenvalue weighted by Gasteiger charge is -2.08. The van der Waals surface area contributed by atoms with Gasteiger partial charge in [-0.25, -0.2) is 14.1 Å². The Kier molecular flexibility index (Phi) is 5.57. The molecule has 0 saturated carbocycles. The van der Waals surface area contributed by atoms with Crippen LogP contribution in [0.1, 0.15) is 40.8 Å².